The fraction of sp³-hybridized carbons (Fsp3) is 0.111. The second kappa shape index (κ2) is 4.16. The fourth-order valence-electron chi connectivity index (χ4n) is 3.27. The molecule has 0 N–H and O–H groups in total. The molecule has 0 fully saturated rings. The van der Waals surface area contributed by atoms with Crippen LogP contribution in [0.3, 0.4) is 0 Å². The Kier molecular flexibility index (Phi) is 2.39. The van der Waals surface area contributed by atoms with Crippen LogP contribution in [-0.4, -0.2) is 9.38 Å². The molecule has 0 saturated carbocycles. The number of benzene rings is 1. The van der Waals surface area contributed by atoms with Crippen molar-refractivity contribution in [3.63, 3.8) is 0 Å². The van der Waals surface area contributed by atoms with E-state index in [4.69, 9.17) is 0 Å². The maximum absolute atomic E-state index is 12.9. The van der Waals surface area contributed by atoms with E-state index in [-0.39, 0.29) is 5.56 Å². The standard InChI is InChI=1S/C18H14N2O/c1-3-11-13-9-10-19-16-12-7-5-6-8-14(12)18(21)20(17(13)16)15(11)4-2/h3-10H,1-2H3/b11-3-,15-4+. The first kappa shape index (κ1) is 12.1. The highest BCUT2D eigenvalue weighted by atomic mass is 16.1. The van der Waals surface area contributed by atoms with Gasteiger partial charge in [-0.25, -0.2) is 0 Å². The van der Waals surface area contributed by atoms with Gasteiger partial charge < -0.3 is 0 Å². The van der Waals surface area contributed by atoms with Crippen molar-refractivity contribution >= 4 is 39.3 Å². The molecule has 1 aromatic carbocycles. The summed E-state index contributed by atoms with van der Waals surface area (Å²) in [7, 11) is 0. The largest absolute Gasteiger partial charge is 0.274 e. The minimum atomic E-state index is 0.0253. The van der Waals surface area contributed by atoms with Gasteiger partial charge in [0.1, 0.15) is 0 Å². The summed E-state index contributed by atoms with van der Waals surface area (Å²) < 4.78 is 1.80. The molecule has 102 valence electrons. The molecule has 3 aromatic heterocycles. The molecule has 3 nitrogen and oxygen atoms in total. The molecule has 0 spiro atoms. The third-order valence-electron chi connectivity index (χ3n) is 4.13. The highest BCUT2D eigenvalue weighted by Crippen LogP contribution is 2.22. The second-order valence-electron chi connectivity index (χ2n) is 5.12. The lowest BCUT2D eigenvalue weighted by atomic mass is 10.1. The minimum Gasteiger partial charge on any atom is -0.274 e. The number of nitrogens with zero attached hydrogens (tertiary/aromatic N) is 2. The van der Waals surface area contributed by atoms with E-state index in [1.165, 1.54) is 0 Å². The minimum absolute atomic E-state index is 0.0253. The van der Waals surface area contributed by atoms with Gasteiger partial charge in [-0.05, 0) is 26.0 Å². The highest BCUT2D eigenvalue weighted by Gasteiger charge is 2.14. The molecule has 0 saturated heterocycles. The Hall–Kier alpha value is -2.68. The van der Waals surface area contributed by atoms with Crippen LogP contribution >= 0.6 is 0 Å². The topological polar surface area (TPSA) is 34.4 Å². The zero-order chi connectivity index (χ0) is 14.6. The van der Waals surface area contributed by atoms with Crippen LogP contribution in [0.25, 0.3) is 39.3 Å². The van der Waals surface area contributed by atoms with E-state index in [1.54, 1.807) is 4.40 Å². The summed E-state index contributed by atoms with van der Waals surface area (Å²) in [4.78, 5) is 17.4. The second-order valence-corrected chi connectivity index (χ2v) is 5.12. The van der Waals surface area contributed by atoms with Crippen LogP contribution in [0.5, 0.6) is 0 Å². The summed E-state index contributed by atoms with van der Waals surface area (Å²) in [5.41, 5.74) is 1.83. The van der Waals surface area contributed by atoms with Crippen molar-refractivity contribution in [3.05, 3.63) is 57.5 Å². The molecule has 4 aromatic rings. The summed E-state index contributed by atoms with van der Waals surface area (Å²) in [6, 6.07) is 9.67. The van der Waals surface area contributed by atoms with Gasteiger partial charge in [-0.3, -0.25) is 14.2 Å². The normalized spacial score (nSPS) is 14.0. The Labute approximate surface area is 120 Å². The SMILES string of the molecule is C/C=c1\c(=C/C)n2c(=O)c3ccccc3c3nccc1c32. The van der Waals surface area contributed by atoms with Crippen molar-refractivity contribution in [2.45, 2.75) is 13.8 Å². The molecule has 0 atom stereocenters. The van der Waals surface area contributed by atoms with E-state index >= 15 is 0 Å². The molecule has 0 bridgehead atoms. The fourth-order valence-corrected chi connectivity index (χ4v) is 3.27. The monoisotopic (exact) mass is 274 g/mol. The van der Waals surface area contributed by atoms with Gasteiger partial charge in [0.2, 0.25) is 0 Å². The van der Waals surface area contributed by atoms with E-state index in [1.807, 2.05) is 56.5 Å². The zero-order valence-corrected chi connectivity index (χ0v) is 11.9. The Morgan fingerprint density at radius 2 is 1.76 bits per heavy atom. The molecule has 0 radical (unpaired) electrons. The number of fused-ring (bicyclic) bond motifs is 2. The lowest BCUT2D eigenvalue weighted by Crippen LogP contribution is -2.31. The first-order chi connectivity index (χ1) is 10.3. The Balaban J connectivity index is 2.60. The molecule has 4 rings (SSSR count). The maximum atomic E-state index is 12.9. The first-order valence-corrected chi connectivity index (χ1v) is 7.04. The van der Waals surface area contributed by atoms with Crippen LogP contribution in [0.1, 0.15) is 13.8 Å². The van der Waals surface area contributed by atoms with Crippen molar-refractivity contribution in [1.29, 1.82) is 0 Å². The molecule has 0 unspecified atom stereocenters. The maximum Gasteiger partial charge on any atom is 0.263 e. The van der Waals surface area contributed by atoms with Gasteiger partial charge in [0.05, 0.1) is 16.4 Å². The van der Waals surface area contributed by atoms with Gasteiger partial charge in [0.15, 0.2) is 0 Å². The lowest BCUT2D eigenvalue weighted by molar-refractivity contribution is 1.09. The van der Waals surface area contributed by atoms with E-state index in [9.17, 15) is 4.79 Å². The predicted molar refractivity (Wildman–Crippen MR) is 87.2 cm³/mol. The van der Waals surface area contributed by atoms with E-state index in [0.717, 1.165) is 32.4 Å². The van der Waals surface area contributed by atoms with Crippen molar-refractivity contribution in [3.8, 4) is 0 Å². The molecule has 3 heteroatoms. The van der Waals surface area contributed by atoms with Crippen molar-refractivity contribution in [2.24, 2.45) is 0 Å². The van der Waals surface area contributed by atoms with E-state index in [0.29, 0.717) is 5.39 Å². The summed E-state index contributed by atoms with van der Waals surface area (Å²) in [6.45, 7) is 3.97. The average molecular weight is 274 g/mol. The van der Waals surface area contributed by atoms with Gasteiger partial charge in [-0.2, -0.15) is 0 Å². The van der Waals surface area contributed by atoms with Gasteiger partial charge in [-0.15, -0.1) is 0 Å². The van der Waals surface area contributed by atoms with Crippen LogP contribution < -0.4 is 16.1 Å². The number of aromatic nitrogens is 2. The molecule has 21 heavy (non-hydrogen) atoms. The number of pyridine rings is 2. The van der Waals surface area contributed by atoms with Gasteiger partial charge >= 0.3 is 0 Å². The van der Waals surface area contributed by atoms with Crippen molar-refractivity contribution in [2.75, 3.05) is 0 Å². The van der Waals surface area contributed by atoms with E-state index < -0.39 is 0 Å². The summed E-state index contributed by atoms with van der Waals surface area (Å²) in [5.74, 6) is 0. The zero-order valence-electron chi connectivity index (χ0n) is 11.9. The third kappa shape index (κ3) is 1.38. The number of hydrogen-bond donors (Lipinski definition) is 0. The Bertz CT molecular complexity index is 1170. The smallest absolute Gasteiger partial charge is 0.263 e. The van der Waals surface area contributed by atoms with Gasteiger partial charge in [0, 0.05) is 27.6 Å². The number of rotatable bonds is 0. The molecular formula is C18H14N2O. The molecule has 0 aliphatic carbocycles. The van der Waals surface area contributed by atoms with Crippen LogP contribution in [-0.2, 0) is 0 Å². The molecule has 3 heterocycles. The van der Waals surface area contributed by atoms with Crippen molar-refractivity contribution in [1.82, 2.24) is 9.38 Å². The lowest BCUT2D eigenvalue weighted by Gasteiger charge is -2.04. The Morgan fingerprint density at radius 3 is 2.48 bits per heavy atom. The first-order valence-electron chi connectivity index (χ1n) is 7.04. The highest BCUT2D eigenvalue weighted by molar-refractivity contribution is 6.09. The van der Waals surface area contributed by atoms with Gasteiger partial charge in [-0.1, -0.05) is 30.4 Å². The van der Waals surface area contributed by atoms with Gasteiger partial charge in [0.25, 0.3) is 5.56 Å². The summed E-state index contributed by atoms with van der Waals surface area (Å²) in [6.07, 6.45) is 5.87. The van der Waals surface area contributed by atoms with Crippen LogP contribution in [0.4, 0.5) is 0 Å². The molecule has 0 amide bonds. The molecule has 0 aliphatic heterocycles. The average Bonchev–Trinajstić information content (AvgIpc) is 2.87. The van der Waals surface area contributed by atoms with Crippen LogP contribution in [0.15, 0.2) is 41.3 Å². The van der Waals surface area contributed by atoms with Crippen LogP contribution in [0, 0.1) is 0 Å². The third-order valence-corrected chi connectivity index (χ3v) is 4.13. The van der Waals surface area contributed by atoms with Crippen LogP contribution in [0.2, 0.25) is 0 Å². The molecule has 0 aliphatic rings. The summed E-state index contributed by atoms with van der Waals surface area (Å²) >= 11 is 0. The quantitative estimate of drug-likeness (QED) is 0.460. The predicted octanol–water partition coefficient (Wildman–Crippen LogP) is 2.04. The summed E-state index contributed by atoms with van der Waals surface area (Å²) in [5, 5.41) is 4.76. The molecular weight excluding hydrogens is 260 g/mol. The van der Waals surface area contributed by atoms with Crippen molar-refractivity contribution < 1.29 is 0 Å². The van der Waals surface area contributed by atoms with E-state index in [2.05, 4.69) is 11.1 Å². The number of hydrogen-bond acceptors (Lipinski definition) is 2. The Morgan fingerprint density at radius 1 is 1.00 bits per heavy atom.